The minimum absolute atomic E-state index is 0.136. The number of cyclic esters (lactones) is 1. The molecule has 0 aliphatic carbocycles. The minimum atomic E-state index is -0.543. The fraction of sp³-hybridized carbons (Fsp3) is 0.0588. The molecule has 0 atom stereocenters. The second-order valence-electron chi connectivity index (χ2n) is 4.71. The highest BCUT2D eigenvalue weighted by Crippen LogP contribution is 2.29. The van der Waals surface area contributed by atoms with Gasteiger partial charge in [0.25, 0.3) is 0 Å². The lowest BCUT2D eigenvalue weighted by Crippen LogP contribution is -2.06. The van der Waals surface area contributed by atoms with Crippen LogP contribution in [0.5, 0.6) is 5.75 Å². The molecule has 1 aliphatic heterocycles. The van der Waals surface area contributed by atoms with Gasteiger partial charge in [0.05, 0.1) is 22.7 Å². The number of methoxy groups -OCH3 is 1. The van der Waals surface area contributed by atoms with Gasteiger partial charge in [0.2, 0.25) is 5.90 Å². The second kappa shape index (κ2) is 6.44. The average Bonchev–Trinajstić information content (AvgIpc) is 2.91. The summed E-state index contributed by atoms with van der Waals surface area (Å²) in [5, 5.41) is 0.663. The Bertz CT molecular complexity index is 843. The molecule has 0 fully saturated rings. The number of halogens is 2. The van der Waals surface area contributed by atoms with Gasteiger partial charge in [-0.3, -0.25) is 0 Å². The molecule has 23 heavy (non-hydrogen) atoms. The second-order valence-corrected chi connectivity index (χ2v) is 5.50. The number of rotatable bonds is 3. The number of carbonyl (C=O) groups is 1. The molecule has 116 valence electrons. The summed E-state index contributed by atoms with van der Waals surface area (Å²) in [6, 6.07) is 12.3. The van der Waals surface area contributed by atoms with Gasteiger partial charge in [-0.15, -0.1) is 0 Å². The number of hydrogen-bond acceptors (Lipinski definition) is 4. The number of aliphatic imine (C=N–C) groups is 1. The van der Waals surface area contributed by atoms with Crippen molar-refractivity contribution in [2.75, 3.05) is 7.11 Å². The summed E-state index contributed by atoms with van der Waals surface area (Å²) in [6.07, 6.45) is 1.62. The standard InChI is InChI=1S/C17H11Cl2NO3/c1-22-11-5-2-4-10(8-11)9-14-17(21)23-16(20-14)12-6-3-7-13(18)15(12)19/h2-9H,1H3/b14-9-. The zero-order valence-electron chi connectivity index (χ0n) is 12.0. The largest absolute Gasteiger partial charge is 0.497 e. The van der Waals surface area contributed by atoms with Crippen molar-refractivity contribution in [3.8, 4) is 5.75 Å². The quantitative estimate of drug-likeness (QED) is 0.612. The van der Waals surface area contributed by atoms with Crippen molar-refractivity contribution in [1.82, 2.24) is 0 Å². The van der Waals surface area contributed by atoms with Gasteiger partial charge in [-0.2, -0.15) is 0 Å². The molecule has 0 saturated carbocycles. The van der Waals surface area contributed by atoms with Gasteiger partial charge >= 0.3 is 5.97 Å². The van der Waals surface area contributed by atoms with Crippen LogP contribution in [0, 0.1) is 0 Å². The molecule has 0 aromatic heterocycles. The van der Waals surface area contributed by atoms with Crippen molar-refractivity contribution in [3.05, 3.63) is 69.3 Å². The number of nitrogens with zero attached hydrogens (tertiary/aromatic N) is 1. The molecule has 0 N–H and O–H groups in total. The summed E-state index contributed by atoms with van der Waals surface area (Å²) in [5.41, 5.74) is 1.43. The normalized spacial score (nSPS) is 15.5. The van der Waals surface area contributed by atoms with Crippen molar-refractivity contribution < 1.29 is 14.3 Å². The Balaban J connectivity index is 1.98. The maximum atomic E-state index is 12.0. The number of ether oxygens (including phenoxy) is 2. The SMILES string of the molecule is COc1cccc(/C=C2\N=C(c3cccc(Cl)c3Cl)OC2=O)c1. The van der Waals surface area contributed by atoms with Gasteiger partial charge in [-0.25, -0.2) is 9.79 Å². The van der Waals surface area contributed by atoms with E-state index < -0.39 is 5.97 Å². The highest BCUT2D eigenvalue weighted by atomic mass is 35.5. The topological polar surface area (TPSA) is 47.9 Å². The van der Waals surface area contributed by atoms with Crippen LogP contribution in [0.2, 0.25) is 10.0 Å². The van der Waals surface area contributed by atoms with E-state index in [0.717, 1.165) is 5.56 Å². The van der Waals surface area contributed by atoms with E-state index in [4.69, 9.17) is 32.7 Å². The summed E-state index contributed by atoms with van der Waals surface area (Å²) >= 11 is 12.1. The fourth-order valence-corrected chi connectivity index (χ4v) is 2.46. The molecule has 0 bridgehead atoms. The van der Waals surface area contributed by atoms with E-state index in [1.807, 2.05) is 18.2 Å². The maximum Gasteiger partial charge on any atom is 0.363 e. The van der Waals surface area contributed by atoms with Crippen LogP contribution < -0.4 is 4.74 Å². The van der Waals surface area contributed by atoms with Gasteiger partial charge in [-0.05, 0) is 35.9 Å². The van der Waals surface area contributed by atoms with Gasteiger partial charge in [0, 0.05) is 0 Å². The van der Waals surface area contributed by atoms with Crippen molar-refractivity contribution in [3.63, 3.8) is 0 Å². The molecule has 0 amide bonds. The van der Waals surface area contributed by atoms with Crippen molar-refractivity contribution >= 4 is 41.1 Å². The van der Waals surface area contributed by atoms with Gasteiger partial charge in [0.15, 0.2) is 5.70 Å². The van der Waals surface area contributed by atoms with Crippen LogP contribution in [0.3, 0.4) is 0 Å². The Hall–Kier alpha value is -2.30. The molecule has 0 radical (unpaired) electrons. The van der Waals surface area contributed by atoms with E-state index in [1.54, 1.807) is 37.5 Å². The summed E-state index contributed by atoms with van der Waals surface area (Å²) in [6.45, 7) is 0. The van der Waals surface area contributed by atoms with Gasteiger partial charge in [0.1, 0.15) is 5.75 Å². The number of esters is 1. The van der Waals surface area contributed by atoms with Crippen LogP contribution >= 0.6 is 23.2 Å². The zero-order valence-corrected chi connectivity index (χ0v) is 13.6. The van der Waals surface area contributed by atoms with E-state index in [-0.39, 0.29) is 11.6 Å². The Morgan fingerprint density at radius 3 is 2.74 bits per heavy atom. The third-order valence-electron chi connectivity index (χ3n) is 3.20. The number of benzene rings is 2. The molecule has 6 heteroatoms. The average molecular weight is 348 g/mol. The van der Waals surface area contributed by atoms with Crippen LogP contribution in [0.1, 0.15) is 11.1 Å². The minimum Gasteiger partial charge on any atom is -0.497 e. The summed E-state index contributed by atoms with van der Waals surface area (Å²) in [5.74, 6) is 0.281. The molecule has 4 nitrogen and oxygen atoms in total. The molecule has 0 spiro atoms. The third kappa shape index (κ3) is 3.23. The smallest absolute Gasteiger partial charge is 0.363 e. The lowest BCUT2D eigenvalue weighted by atomic mass is 10.2. The van der Waals surface area contributed by atoms with Crippen LogP contribution in [-0.2, 0) is 9.53 Å². The predicted octanol–water partition coefficient (Wildman–Crippen LogP) is 4.35. The van der Waals surface area contributed by atoms with E-state index >= 15 is 0 Å². The molecular formula is C17H11Cl2NO3. The van der Waals surface area contributed by atoms with Crippen molar-refractivity contribution in [2.45, 2.75) is 0 Å². The Morgan fingerprint density at radius 2 is 1.96 bits per heavy atom. The van der Waals surface area contributed by atoms with Crippen molar-refractivity contribution in [2.24, 2.45) is 4.99 Å². The molecular weight excluding hydrogens is 337 g/mol. The molecule has 1 heterocycles. The van der Waals surface area contributed by atoms with E-state index in [1.165, 1.54) is 0 Å². The number of hydrogen-bond donors (Lipinski definition) is 0. The van der Waals surface area contributed by atoms with E-state index in [9.17, 15) is 4.79 Å². The summed E-state index contributed by atoms with van der Waals surface area (Å²) < 4.78 is 10.3. The monoisotopic (exact) mass is 347 g/mol. The van der Waals surface area contributed by atoms with Gasteiger partial charge in [-0.1, -0.05) is 41.4 Å². The van der Waals surface area contributed by atoms with Crippen LogP contribution in [0.4, 0.5) is 0 Å². The van der Waals surface area contributed by atoms with Crippen LogP contribution in [-0.4, -0.2) is 19.0 Å². The molecule has 0 saturated heterocycles. The van der Waals surface area contributed by atoms with E-state index in [0.29, 0.717) is 21.4 Å². The number of carbonyl (C=O) groups excluding carboxylic acids is 1. The first kappa shape index (κ1) is 15.6. The Labute approximate surface area is 143 Å². The molecule has 1 aliphatic rings. The van der Waals surface area contributed by atoms with E-state index in [2.05, 4.69) is 4.99 Å². The summed E-state index contributed by atoms with van der Waals surface area (Å²) in [4.78, 5) is 16.2. The predicted molar refractivity (Wildman–Crippen MR) is 90.1 cm³/mol. The Morgan fingerprint density at radius 1 is 1.17 bits per heavy atom. The maximum absolute atomic E-state index is 12.0. The highest BCUT2D eigenvalue weighted by molar-refractivity contribution is 6.44. The first-order valence-electron chi connectivity index (χ1n) is 6.69. The van der Waals surface area contributed by atoms with Crippen LogP contribution in [0.25, 0.3) is 6.08 Å². The highest BCUT2D eigenvalue weighted by Gasteiger charge is 2.26. The lowest BCUT2D eigenvalue weighted by Gasteiger charge is -2.03. The zero-order chi connectivity index (χ0) is 16.4. The third-order valence-corrected chi connectivity index (χ3v) is 4.02. The molecule has 0 unspecified atom stereocenters. The van der Waals surface area contributed by atoms with Gasteiger partial charge < -0.3 is 9.47 Å². The fourth-order valence-electron chi connectivity index (χ4n) is 2.08. The summed E-state index contributed by atoms with van der Waals surface area (Å²) in [7, 11) is 1.58. The first-order chi connectivity index (χ1) is 11.1. The van der Waals surface area contributed by atoms with Crippen LogP contribution in [0.15, 0.2) is 53.2 Å². The van der Waals surface area contributed by atoms with Crippen molar-refractivity contribution in [1.29, 1.82) is 0 Å². The Kier molecular flexibility index (Phi) is 4.37. The molecule has 2 aromatic rings. The molecule has 2 aromatic carbocycles. The molecule has 3 rings (SSSR count). The first-order valence-corrected chi connectivity index (χ1v) is 7.45. The lowest BCUT2D eigenvalue weighted by molar-refractivity contribution is -0.129.